The van der Waals surface area contributed by atoms with Gasteiger partial charge in [0.1, 0.15) is 0 Å². The summed E-state index contributed by atoms with van der Waals surface area (Å²) >= 11 is 3.67. The SMILES string of the molecule is O=Cc1cc2c3ccccc3c(Br)cc2c2ccccc12. The average Bonchev–Trinajstić information content (AvgIpc) is 2.55. The van der Waals surface area contributed by atoms with Crippen LogP contribution < -0.4 is 0 Å². The summed E-state index contributed by atoms with van der Waals surface area (Å²) in [5.74, 6) is 0. The first-order chi connectivity index (χ1) is 10.3. The van der Waals surface area contributed by atoms with Crippen LogP contribution in [0, 0.1) is 0 Å². The van der Waals surface area contributed by atoms with E-state index in [0.717, 1.165) is 43.3 Å². The topological polar surface area (TPSA) is 17.1 Å². The third kappa shape index (κ3) is 1.79. The minimum Gasteiger partial charge on any atom is -0.298 e. The van der Waals surface area contributed by atoms with E-state index in [1.807, 2.05) is 36.4 Å². The van der Waals surface area contributed by atoms with Gasteiger partial charge < -0.3 is 0 Å². The molecule has 0 aliphatic heterocycles. The van der Waals surface area contributed by atoms with Crippen molar-refractivity contribution in [2.45, 2.75) is 0 Å². The van der Waals surface area contributed by atoms with E-state index in [2.05, 4.69) is 40.2 Å². The second-order valence-corrected chi connectivity index (χ2v) is 5.98. The zero-order valence-corrected chi connectivity index (χ0v) is 12.7. The summed E-state index contributed by atoms with van der Waals surface area (Å²) < 4.78 is 1.08. The van der Waals surface area contributed by atoms with Crippen LogP contribution in [0.4, 0.5) is 0 Å². The fraction of sp³-hybridized carbons (Fsp3) is 0. The van der Waals surface area contributed by atoms with Gasteiger partial charge in [-0.25, -0.2) is 0 Å². The van der Waals surface area contributed by atoms with Crippen molar-refractivity contribution >= 4 is 54.5 Å². The van der Waals surface area contributed by atoms with Gasteiger partial charge in [-0.2, -0.15) is 0 Å². The monoisotopic (exact) mass is 334 g/mol. The number of carbonyl (C=O) groups is 1. The van der Waals surface area contributed by atoms with E-state index in [9.17, 15) is 4.79 Å². The molecule has 0 spiro atoms. The Kier molecular flexibility index (Phi) is 2.79. The average molecular weight is 335 g/mol. The highest BCUT2D eigenvalue weighted by atomic mass is 79.9. The summed E-state index contributed by atoms with van der Waals surface area (Å²) in [5, 5.41) is 6.73. The Morgan fingerprint density at radius 2 is 1.19 bits per heavy atom. The molecule has 0 bridgehead atoms. The fourth-order valence-electron chi connectivity index (χ4n) is 3.03. The van der Waals surface area contributed by atoms with Gasteiger partial charge in [0.15, 0.2) is 6.29 Å². The van der Waals surface area contributed by atoms with E-state index in [0.29, 0.717) is 0 Å². The Morgan fingerprint density at radius 3 is 1.86 bits per heavy atom. The Bertz CT molecular complexity index is 1020. The molecule has 4 aromatic carbocycles. The van der Waals surface area contributed by atoms with Crippen LogP contribution in [0.1, 0.15) is 10.4 Å². The molecule has 0 saturated heterocycles. The highest BCUT2D eigenvalue weighted by molar-refractivity contribution is 9.10. The predicted molar refractivity (Wildman–Crippen MR) is 92.0 cm³/mol. The highest BCUT2D eigenvalue weighted by Crippen LogP contribution is 2.36. The van der Waals surface area contributed by atoms with Gasteiger partial charge in [-0.3, -0.25) is 4.79 Å². The molecule has 0 saturated carbocycles. The molecule has 0 aliphatic carbocycles. The van der Waals surface area contributed by atoms with Gasteiger partial charge >= 0.3 is 0 Å². The smallest absolute Gasteiger partial charge is 0.150 e. The lowest BCUT2D eigenvalue weighted by Gasteiger charge is -2.11. The Labute approximate surface area is 130 Å². The molecule has 0 amide bonds. The lowest BCUT2D eigenvalue weighted by molar-refractivity contribution is 0.112. The maximum atomic E-state index is 11.5. The van der Waals surface area contributed by atoms with E-state index >= 15 is 0 Å². The number of hydrogen-bond donors (Lipinski definition) is 0. The Hall–Kier alpha value is -2.19. The molecular weight excluding hydrogens is 324 g/mol. The van der Waals surface area contributed by atoms with Crippen LogP contribution >= 0.6 is 15.9 Å². The van der Waals surface area contributed by atoms with Gasteiger partial charge in [0.2, 0.25) is 0 Å². The molecule has 4 aromatic rings. The van der Waals surface area contributed by atoms with E-state index in [-0.39, 0.29) is 0 Å². The molecule has 0 aromatic heterocycles. The zero-order chi connectivity index (χ0) is 14.4. The second-order valence-electron chi connectivity index (χ2n) is 5.13. The van der Waals surface area contributed by atoms with Crippen LogP contribution in [0.2, 0.25) is 0 Å². The fourth-order valence-corrected chi connectivity index (χ4v) is 3.61. The third-order valence-corrected chi connectivity index (χ3v) is 4.65. The highest BCUT2D eigenvalue weighted by Gasteiger charge is 2.10. The molecule has 4 rings (SSSR count). The maximum absolute atomic E-state index is 11.5. The molecule has 0 heterocycles. The molecule has 1 nitrogen and oxygen atoms in total. The van der Waals surface area contributed by atoms with Crippen LogP contribution in [-0.4, -0.2) is 6.29 Å². The van der Waals surface area contributed by atoms with Crippen molar-refractivity contribution in [1.82, 2.24) is 0 Å². The van der Waals surface area contributed by atoms with Crippen LogP contribution in [0.5, 0.6) is 0 Å². The van der Waals surface area contributed by atoms with E-state index in [1.165, 1.54) is 5.39 Å². The molecule has 2 heteroatoms. The first-order valence-corrected chi connectivity index (χ1v) is 7.57. The lowest BCUT2D eigenvalue weighted by atomic mass is 9.94. The molecule has 100 valence electrons. The molecule has 0 radical (unpaired) electrons. The van der Waals surface area contributed by atoms with Gasteiger partial charge in [0.25, 0.3) is 0 Å². The molecule has 21 heavy (non-hydrogen) atoms. The first-order valence-electron chi connectivity index (χ1n) is 6.77. The van der Waals surface area contributed by atoms with Gasteiger partial charge in [-0.15, -0.1) is 0 Å². The van der Waals surface area contributed by atoms with Crippen molar-refractivity contribution in [3.05, 3.63) is 70.7 Å². The molecule has 0 aliphatic rings. The molecule has 0 fully saturated rings. The van der Waals surface area contributed by atoms with Crippen LogP contribution in [-0.2, 0) is 0 Å². The summed E-state index contributed by atoms with van der Waals surface area (Å²) in [4.78, 5) is 11.5. The minimum atomic E-state index is 0.741. The third-order valence-electron chi connectivity index (χ3n) is 3.99. The Morgan fingerprint density at radius 1 is 0.667 bits per heavy atom. The van der Waals surface area contributed by atoms with Crippen molar-refractivity contribution in [1.29, 1.82) is 0 Å². The summed E-state index contributed by atoms with van der Waals surface area (Å²) in [6, 6.07) is 20.5. The van der Waals surface area contributed by atoms with Crippen LogP contribution in [0.3, 0.4) is 0 Å². The normalized spacial score (nSPS) is 11.3. The van der Waals surface area contributed by atoms with Crippen molar-refractivity contribution in [3.8, 4) is 0 Å². The first kappa shape index (κ1) is 12.5. The summed E-state index contributed by atoms with van der Waals surface area (Å²) in [7, 11) is 0. The summed E-state index contributed by atoms with van der Waals surface area (Å²) in [6.07, 6.45) is 0.943. The largest absolute Gasteiger partial charge is 0.298 e. The number of carbonyl (C=O) groups excluding carboxylic acids is 1. The van der Waals surface area contributed by atoms with Gasteiger partial charge in [-0.05, 0) is 44.5 Å². The van der Waals surface area contributed by atoms with Crippen molar-refractivity contribution < 1.29 is 4.79 Å². The Balaban J connectivity index is 2.36. The molecule has 0 unspecified atom stereocenters. The van der Waals surface area contributed by atoms with Gasteiger partial charge in [0.05, 0.1) is 0 Å². The summed E-state index contributed by atoms with van der Waals surface area (Å²) in [6.45, 7) is 0. The number of halogens is 1. The predicted octanol–water partition coefficient (Wildman–Crippen LogP) is 5.72. The second kappa shape index (κ2) is 4.68. The number of hydrogen-bond acceptors (Lipinski definition) is 1. The number of aldehydes is 1. The molecule has 0 N–H and O–H groups in total. The maximum Gasteiger partial charge on any atom is 0.150 e. The molecular formula is C19H11BrO. The van der Waals surface area contributed by atoms with Gasteiger partial charge in [-0.1, -0.05) is 64.5 Å². The molecule has 0 atom stereocenters. The van der Waals surface area contributed by atoms with Crippen molar-refractivity contribution in [3.63, 3.8) is 0 Å². The number of fused-ring (bicyclic) bond motifs is 5. The van der Waals surface area contributed by atoms with E-state index in [4.69, 9.17) is 0 Å². The number of benzene rings is 4. The standard InChI is InChI=1S/C19H11BrO/c20-19-10-18-14-6-2-1-5-13(14)12(11-21)9-17(18)15-7-3-4-8-16(15)19/h1-11H. The summed E-state index contributed by atoms with van der Waals surface area (Å²) in [5.41, 5.74) is 0.741. The minimum absolute atomic E-state index is 0.741. The lowest BCUT2D eigenvalue weighted by Crippen LogP contribution is -1.88. The van der Waals surface area contributed by atoms with E-state index < -0.39 is 0 Å². The van der Waals surface area contributed by atoms with Crippen LogP contribution in [0.15, 0.2) is 65.1 Å². The van der Waals surface area contributed by atoms with Crippen LogP contribution in [0.25, 0.3) is 32.3 Å². The number of rotatable bonds is 1. The van der Waals surface area contributed by atoms with E-state index in [1.54, 1.807) is 0 Å². The van der Waals surface area contributed by atoms with Crippen molar-refractivity contribution in [2.24, 2.45) is 0 Å². The van der Waals surface area contributed by atoms with Gasteiger partial charge in [0, 0.05) is 10.0 Å². The van der Waals surface area contributed by atoms with Crippen molar-refractivity contribution in [2.75, 3.05) is 0 Å². The quantitative estimate of drug-likeness (QED) is 0.321. The zero-order valence-electron chi connectivity index (χ0n) is 11.1.